The van der Waals surface area contributed by atoms with Crippen molar-refractivity contribution in [3.63, 3.8) is 0 Å². The van der Waals surface area contributed by atoms with Gasteiger partial charge in [0.15, 0.2) is 5.82 Å². The van der Waals surface area contributed by atoms with E-state index in [9.17, 15) is 4.79 Å². The number of thioether (sulfide) groups is 1. The number of anilines is 1. The minimum Gasteiger partial charge on any atom is -0.276 e. The Labute approximate surface area is 164 Å². The number of unbranched alkanes of at least 4 members (excludes halogenated alkanes) is 5. The van der Waals surface area contributed by atoms with E-state index >= 15 is 0 Å². The Kier molecular flexibility index (Phi) is 8.91. The van der Waals surface area contributed by atoms with Gasteiger partial charge in [-0.05, 0) is 31.8 Å². The predicted octanol–water partition coefficient (Wildman–Crippen LogP) is 4.81. The Morgan fingerprint density at radius 1 is 1.19 bits per heavy atom. The fourth-order valence-corrected chi connectivity index (χ4v) is 3.35. The lowest BCUT2D eigenvalue weighted by atomic mass is 10.1. The van der Waals surface area contributed by atoms with Crippen LogP contribution in [0.15, 0.2) is 25.0 Å². The number of aromatic nitrogens is 4. The standard InChI is InChI=1S/C18H26ClN5OS/c1-15-16(19)17(22-13-21-15)24(18(25)23-11-9-20-14-23)10-7-5-3-4-6-8-12-26-2/h9,11,13-14H,3-8,10,12H2,1-2H3. The minimum absolute atomic E-state index is 0.206. The molecule has 8 heteroatoms. The summed E-state index contributed by atoms with van der Waals surface area (Å²) in [5.74, 6) is 1.69. The number of rotatable bonds is 10. The fraction of sp³-hybridized carbons (Fsp3) is 0.556. The Bertz CT molecular complexity index is 680. The monoisotopic (exact) mass is 395 g/mol. The van der Waals surface area contributed by atoms with Crippen LogP contribution in [0.1, 0.15) is 44.2 Å². The second-order valence-corrected chi connectivity index (χ2v) is 7.48. The van der Waals surface area contributed by atoms with Crippen LogP contribution in [0.4, 0.5) is 10.6 Å². The molecule has 0 aromatic carbocycles. The Balaban J connectivity index is 1.96. The molecule has 0 bridgehead atoms. The molecule has 0 aliphatic heterocycles. The molecular formula is C18H26ClN5OS. The number of carbonyl (C=O) groups excluding carboxylic acids is 1. The van der Waals surface area contributed by atoms with Gasteiger partial charge in [0.2, 0.25) is 0 Å². The van der Waals surface area contributed by atoms with Crippen LogP contribution in [-0.4, -0.2) is 44.1 Å². The van der Waals surface area contributed by atoms with Gasteiger partial charge in [0, 0.05) is 18.9 Å². The summed E-state index contributed by atoms with van der Waals surface area (Å²) in [5.41, 5.74) is 0.661. The van der Waals surface area contributed by atoms with Gasteiger partial charge in [-0.15, -0.1) is 0 Å². The van der Waals surface area contributed by atoms with Crippen LogP contribution in [-0.2, 0) is 0 Å². The zero-order valence-corrected chi connectivity index (χ0v) is 17.0. The molecule has 2 heterocycles. The Morgan fingerprint density at radius 3 is 2.62 bits per heavy atom. The zero-order valence-electron chi connectivity index (χ0n) is 15.4. The number of hydrogen-bond acceptors (Lipinski definition) is 5. The summed E-state index contributed by atoms with van der Waals surface area (Å²) in [6.07, 6.45) is 15.2. The first-order chi connectivity index (χ1) is 12.6. The number of aryl methyl sites for hydroxylation is 1. The average molecular weight is 396 g/mol. The maximum atomic E-state index is 12.8. The first kappa shape index (κ1) is 20.7. The number of halogens is 1. The molecule has 2 aromatic rings. The van der Waals surface area contributed by atoms with Gasteiger partial charge in [-0.1, -0.05) is 37.3 Å². The quantitative estimate of drug-likeness (QED) is 0.540. The van der Waals surface area contributed by atoms with Gasteiger partial charge >= 0.3 is 6.03 Å². The molecule has 0 unspecified atom stereocenters. The van der Waals surface area contributed by atoms with Crippen LogP contribution in [0.3, 0.4) is 0 Å². The summed E-state index contributed by atoms with van der Waals surface area (Å²) in [6, 6.07) is -0.206. The van der Waals surface area contributed by atoms with E-state index in [4.69, 9.17) is 11.6 Å². The first-order valence-corrected chi connectivity index (χ1v) is 10.7. The Morgan fingerprint density at radius 2 is 1.92 bits per heavy atom. The zero-order chi connectivity index (χ0) is 18.8. The largest absolute Gasteiger partial charge is 0.335 e. The highest BCUT2D eigenvalue weighted by atomic mass is 35.5. The summed E-state index contributed by atoms with van der Waals surface area (Å²) in [5, 5.41) is 0.415. The molecule has 0 atom stereocenters. The normalized spacial score (nSPS) is 10.9. The minimum atomic E-state index is -0.206. The second-order valence-electron chi connectivity index (χ2n) is 6.11. The number of hydrogen-bond donors (Lipinski definition) is 0. The van der Waals surface area contributed by atoms with Crippen molar-refractivity contribution in [2.75, 3.05) is 23.5 Å². The summed E-state index contributed by atoms with van der Waals surface area (Å²) in [7, 11) is 0. The molecule has 0 saturated carbocycles. The van der Waals surface area contributed by atoms with Crippen LogP contribution in [0.25, 0.3) is 0 Å². The molecule has 26 heavy (non-hydrogen) atoms. The number of carbonyl (C=O) groups is 1. The molecule has 6 nitrogen and oxygen atoms in total. The summed E-state index contributed by atoms with van der Waals surface area (Å²) in [6.45, 7) is 2.37. The van der Waals surface area contributed by atoms with E-state index in [1.807, 2.05) is 18.7 Å². The molecule has 0 radical (unpaired) electrons. The molecule has 0 saturated heterocycles. The van der Waals surface area contributed by atoms with Gasteiger partial charge in [0.25, 0.3) is 0 Å². The fourth-order valence-electron chi connectivity index (χ4n) is 2.66. The van der Waals surface area contributed by atoms with E-state index in [0.717, 1.165) is 12.8 Å². The highest BCUT2D eigenvalue weighted by Crippen LogP contribution is 2.26. The van der Waals surface area contributed by atoms with Gasteiger partial charge < -0.3 is 0 Å². The van der Waals surface area contributed by atoms with Crippen LogP contribution in [0.5, 0.6) is 0 Å². The third-order valence-corrected chi connectivity index (χ3v) is 5.28. The van der Waals surface area contributed by atoms with Gasteiger partial charge in [-0.25, -0.2) is 19.7 Å². The van der Waals surface area contributed by atoms with E-state index in [0.29, 0.717) is 23.1 Å². The van der Waals surface area contributed by atoms with Gasteiger partial charge in [-0.2, -0.15) is 11.8 Å². The lowest BCUT2D eigenvalue weighted by molar-refractivity contribution is 0.247. The SMILES string of the molecule is CSCCCCCCCCN(C(=O)n1ccnc1)c1ncnc(C)c1Cl. The molecule has 0 N–H and O–H groups in total. The average Bonchev–Trinajstić information content (AvgIpc) is 3.17. The van der Waals surface area contributed by atoms with Crippen molar-refractivity contribution in [3.8, 4) is 0 Å². The maximum absolute atomic E-state index is 12.8. The van der Waals surface area contributed by atoms with Gasteiger partial charge in [-0.3, -0.25) is 9.47 Å². The van der Waals surface area contributed by atoms with Gasteiger partial charge in [0.05, 0.1) is 5.69 Å². The Hall–Kier alpha value is -1.60. The topological polar surface area (TPSA) is 63.9 Å². The summed E-state index contributed by atoms with van der Waals surface area (Å²) >= 11 is 8.26. The molecule has 0 aliphatic rings. The number of amides is 1. The van der Waals surface area contributed by atoms with Crippen LogP contribution < -0.4 is 4.90 Å². The summed E-state index contributed by atoms with van der Waals surface area (Å²) < 4.78 is 1.44. The maximum Gasteiger partial charge on any atom is 0.335 e. The van der Waals surface area contributed by atoms with Crippen LogP contribution in [0.2, 0.25) is 5.02 Å². The molecule has 0 fully saturated rings. The van der Waals surface area contributed by atoms with E-state index < -0.39 is 0 Å². The number of nitrogens with zero attached hydrogens (tertiary/aromatic N) is 5. The highest BCUT2D eigenvalue weighted by molar-refractivity contribution is 7.98. The van der Waals surface area contributed by atoms with Gasteiger partial charge in [0.1, 0.15) is 17.7 Å². The third kappa shape index (κ3) is 5.99. The number of imidazole rings is 1. The lowest BCUT2D eigenvalue weighted by Crippen LogP contribution is -2.36. The van der Waals surface area contributed by atoms with Crippen molar-refractivity contribution < 1.29 is 4.79 Å². The molecular weight excluding hydrogens is 370 g/mol. The predicted molar refractivity (Wildman–Crippen MR) is 108 cm³/mol. The van der Waals surface area contributed by atoms with E-state index in [2.05, 4.69) is 21.2 Å². The van der Waals surface area contributed by atoms with Crippen molar-refractivity contribution in [3.05, 3.63) is 35.8 Å². The van der Waals surface area contributed by atoms with Crippen molar-refractivity contribution >= 4 is 35.2 Å². The van der Waals surface area contributed by atoms with Crippen molar-refractivity contribution in [2.45, 2.75) is 45.4 Å². The van der Waals surface area contributed by atoms with Crippen molar-refractivity contribution in [1.82, 2.24) is 19.5 Å². The van der Waals surface area contributed by atoms with Crippen molar-refractivity contribution in [1.29, 1.82) is 0 Å². The van der Waals surface area contributed by atoms with Crippen LogP contribution >= 0.6 is 23.4 Å². The van der Waals surface area contributed by atoms with E-state index in [1.54, 1.807) is 17.3 Å². The van der Waals surface area contributed by atoms with Crippen LogP contribution in [0, 0.1) is 6.92 Å². The molecule has 1 amide bonds. The molecule has 2 rings (SSSR count). The smallest absolute Gasteiger partial charge is 0.276 e. The van der Waals surface area contributed by atoms with E-state index in [-0.39, 0.29) is 6.03 Å². The van der Waals surface area contributed by atoms with E-state index in [1.165, 1.54) is 48.7 Å². The highest BCUT2D eigenvalue weighted by Gasteiger charge is 2.22. The third-order valence-electron chi connectivity index (χ3n) is 4.14. The molecule has 2 aromatic heterocycles. The molecule has 0 aliphatic carbocycles. The molecule has 0 spiro atoms. The van der Waals surface area contributed by atoms with Crippen molar-refractivity contribution in [2.24, 2.45) is 0 Å². The lowest BCUT2D eigenvalue weighted by Gasteiger charge is -2.23. The second kappa shape index (κ2) is 11.2. The first-order valence-electron chi connectivity index (χ1n) is 8.91. The molecule has 142 valence electrons. The summed E-state index contributed by atoms with van der Waals surface area (Å²) in [4.78, 5) is 26.7.